The third kappa shape index (κ3) is 5.74. The Morgan fingerprint density at radius 1 is 1.15 bits per heavy atom. The lowest BCUT2D eigenvalue weighted by atomic mass is 9.73. The molecule has 1 aliphatic heterocycles. The van der Waals surface area contributed by atoms with Crippen LogP contribution in [-0.4, -0.2) is 45.7 Å². The monoisotopic (exact) mass is 541 g/mol. The van der Waals surface area contributed by atoms with Crippen molar-refractivity contribution in [1.29, 1.82) is 0 Å². The number of carbonyl (C=O) groups excluding carboxylic acids is 2. The molecule has 5 rings (SSSR count). The van der Waals surface area contributed by atoms with E-state index in [1.54, 1.807) is 23.1 Å². The zero-order chi connectivity index (χ0) is 27.9. The van der Waals surface area contributed by atoms with Crippen molar-refractivity contribution in [2.24, 2.45) is 11.8 Å². The van der Waals surface area contributed by atoms with Gasteiger partial charge in [-0.2, -0.15) is 18.3 Å². The van der Waals surface area contributed by atoms with Gasteiger partial charge < -0.3 is 15.5 Å². The minimum atomic E-state index is -4.46. The van der Waals surface area contributed by atoms with Gasteiger partial charge in [0.15, 0.2) is 0 Å². The van der Waals surface area contributed by atoms with Crippen LogP contribution in [0.2, 0.25) is 0 Å². The van der Waals surface area contributed by atoms with Gasteiger partial charge in [0.25, 0.3) is 0 Å². The Balaban J connectivity index is 1.42. The smallest absolute Gasteiger partial charge is 0.350 e. The maximum Gasteiger partial charge on any atom is 0.416 e. The number of amides is 3. The van der Waals surface area contributed by atoms with Crippen LogP contribution in [0.3, 0.4) is 0 Å². The van der Waals surface area contributed by atoms with Gasteiger partial charge >= 0.3 is 12.2 Å². The van der Waals surface area contributed by atoms with Gasteiger partial charge in [-0.25, -0.2) is 4.79 Å². The number of fused-ring (bicyclic) bond motifs is 2. The second-order valence-electron chi connectivity index (χ2n) is 11.6. The predicted molar refractivity (Wildman–Crippen MR) is 141 cm³/mol. The summed E-state index contributed by atoms with van der Waals surface area (Å²) in [5, 5.41) is 13.4. The van der Waals surface area contributed by atoms with Crippen molar-refractivity contribution in [2.45, 2.75) is 64.7 Å². The zero-order valence-electron chi connectivity index (χ0n) is 22.4. The van der Waals surface area contributed by atoms with Crippen LogP contribution < -0.4 is 10.6 Å². The lowest BCUT2D eigenvalue weighted by molar-refractivity contribution is -0.137. The molecule has 3 N–H and O–H groups in total. The predicted octanol–water partition coefficient (Wildman–Crippen LogP) is 5.00. The van der Waals surface area contributed by atoms with Crippen molar-refractivity contribution in [2.75, 3.05) is 13.1 Å². The molecule has 39 heavy (non-hydrogen) atoms. The fourth-order valence-corrected chi connectivity index (χ4v) is 5.81. The molecule has 0 radical (unpaired) electrons. The molecule has 10 heteroatoms. The Bertz CT molecular complexity index is 1340. The van der Waals surface area contributed by atoms with Crippen LogP contribution in [0.5, 0.6) is 0 Å². The molecule has 1 aromatic carbocycles. The minimum absolute atomic E-state index is 0.190. The van der Waals surface area contributed by atoms with E-state index in [-0.39, 0.29) is 17.9 Å². The number of halogens is 3. The van der Waals surface area contributed by atoms with Crippen LogP contribution in [-0.2, 0) is 30.4 Å². The normalized spacial score (nSPS) is 21.0. The number of alkyl halides is 3. The topological polar surface area (TPSA) is 90.1 Å². The van der Waals surface area contributed by atoms with Crippen molar-refractivity contribution >= 4 is 17.5 Å². The summed E-state index contributed by atoms with van der Waals surface area (Å²) in [5.74, 6) is -1.11. The number of aromatic nitrogens is 2. The average molecular weight is 542 g/mol. The number of hydrogen-bond acceptors (Lipinski definition) is 3. The summed E-state index contributed by atoms with van der Waals surface area (Å²) in [6, 6.07) is 5.06. The largest absolute Gasteiger partial charge is 0.416 e. The molecule has 208 valence electrons. The van der Waals surface area contributed by atoms with Gasteiger partial charge in [0.1, 0.15) is 0 Å². The molecule has 7 nitrogen and oxygen atoms in total. The second-order valence-corrected chi connectivity index (χ2v) is 11.6. The number of likely N-dealkylation sites (tertiary alicyclic amines) is 1. The van der Waals surface area contributed by atoms with E-state index >= 15 is 0 Å². The molecule has 2 aliphatic carbocycles. The average Bonchev–Trinajstić information content (AvgIpc) is 3.49. The molecule has 1 saturated heterocycles. The highest BCUT2D eigenvalue weighted by molar-refractivity contribution is 5.87. The molecule has 2 aromatic rings. The second kappa shape index (κ2) is 10.2. The van der Waals surface area contributed by atoms with Crippen molar-refractivity contribution in [3.8, 4) is 0 Å². The summed E-state index contributed by atoms with van der Waals surface area (Å²) in [4.78, 5) is 28.2. The number of rotatable bonds is 4. The molecule has 1 aromatic heterocycles. The summed E-state index contributed by atoms with van der Waals surface area (Å²) in [5.41, 5.74) is 4.04. The van der Waals surface area contributed by atoms with Crippen LogP contribution in [0, 0.1) is 11.8 Å². The number of hydrogen-bond donors (Lipinski definition) is 3. The van der Waals surface area contributed by atoms with Crippen LogP contribution >= 0.6 is 0 Å². The number of carbonyl (C=O) groups is 2. The zero-order valence-corrected chi connectivity index (χ0v) is 22.4. The van der Waals surface area contributed by atoms with E-state index in [0.29, 0.717) is 37.2 Å². The Morgan fingerprint density at radius 2 is 1.95 bits per heavy atom. The number of benzene rings is 1. The molecule has 2 heterocycles. The van der Waals surface area contributed by atoms with Gasteiger partial charge in [-0.15, -0.1) is 0 Å². The van der Waals surface area contributed by atoms with Crippen LogP contribution in [0.25, 0.3) is 5.57 Å². The summed E-state index contributed by atoms with van der Waals surface area (Å²) in [6.45, 7) is 6.71. The first-order chi connectivity index (χ1) is 18.4. The third-order valence-electron chi connectivity index (χ3n) is 7.66. The molecule has 3 amide bonds. The number of allylic oxidation sites excluding steroid dienone is 2. The van der Waals surface area contributed by atoms with E-state index in [1.807, 2.05) is 20.8 Å². The highest BCUT2D eigenvalue weighted by Crippen LogP contribution is 2.41. The van der Waals surface area contributed by atoms with E-state index in [0.717, 1.165) is 48.4 Å². The van der Waals surface area contributed by atoms with Crippen LogP contribution in [0.15, 0.2) is 42.0 Å². The molecule has 0 spiro atoms. The Labute approximate surface area is 225 Å². The maximum atomic E-state index is 13.5. The quantitative estimate of drug-likeness (QED) is 0.509. The van der Waals surface area contributed by atoms with E-state index in [2.05, 4.69) is 20.8 Å². The molecule has 3 aliphatic rings. The van der Waals surface area contributed by atoms with Crippen molar-refractivity contribution in [3.05, 3.63) is 70.1 Å². The summed E-state index contributed by atoms with van der Waals surface area (Å²) in [6.07, 6.45) is 2.51. The summed E-state index contributed by atoms with van der Waals surface area (Å²) >= 11 is 0. The van der Waals surface area contributed by atoms with Crippen molar-refractivity contribution in [3.63, 3.8) is 0 Å². The maximum absolute atomic E-state index is 13.5. The van der Waals surface area contributed by atoms with Gasteiger partial charge in [0.05, 0.1) is 23.7 Å². The van der Waals surface area contributed by atoms with Gasteiger partial charge in [-0.3, -0.25) is 9.89 Å². The summed E-state index contributed by atoms with van der Waals surface area (Å²) < 4.78 is 40.4. The molecular formula is C29H34F3N5O2. The van der Waals surface area contributed by atoms with Gasteiger partial charge in [-0.05, 0) is 75.3 Å². The first kappa shape index (κ1) is 27.0. The first-order valence-electron chi connectivity index (χ1n) is 13.4. The SMILES string of the molecule is CC(C)(C)NC(=O)N1CCC2=C(c3cccc(C(F)(F)F)c3)C=CC(C(=O)NCc3n[nH]c4c3CCC4)C2C1. The Morgan fingerprint density at radius 3 is 2.69 bits per heavy atom. The molecule has 0 saturated carbocycles. The number of nitrogens with one attached hydrogen (secondary N) is 3. The number of H-pyrrole nitrogens is 1. The van der Waals surface area contributed by atoms with E-state index in [1.165, 1.54) is 11.6 Å². The van der Waals surface area contributed by atoms with Crippen molar-refractivity contribution in [1.82, 2.24) is 25.7 Å². The van der Waals surface area contributed by atoms with E-state index in [4.69, 9.17) is 0 Å². The van der Waals surface area contributed by atoms with Gasteiger partial charge in [-0.1, -0.05) is 29.9 Å². The lowest BCUT2D eigenvalue weighted by Crippen LogP contribution is -2.53. The fraction of sp³-hybridized carbons (Fsp3) is 0.483. The number of aromatic amines is 1. The van der Waals surface area contributed by atoms with Gasteiger partial charge in [0, 0.05) is 30.2 Å². The first-order valence-corrected chi connectivity index (χ1v) is 13.4. The molecule has 1 fully saturated rings. The fourth-order valence-electron chi connectivity index (χ4n) is 5.81. The Hall–Kier alpha value is -3.56. The van der Waals surface area contributed by atoms with Gasteiger partial charge in [0.2, 0.25) is 5.91 Å². The summed E-state index contributed by atoms with van der Waals surface area (Å²) in [7, 11) is 0. The van der Waals surface area contributed by atoms with Crippen LogP contribution in [0.1, 0.15) is 61.7 Å². The molecule has 2 atom stereocenters. The number of piperidine rings is 1. The molecular weight excluding hydrogens is 507 g/mol. The highest BCUT2D eigenvalue weighted by Gasteiger charge is 2.39. The third-order valence-corrected chi connectivity index (χ3v) is 7.66. The molecule has 2 unspecified atom stereocenters. The van der Waals surface area contributed by atoms with E-state index < -0.39 is 23.2 Å². The molecule has 0 bridgehead atoms. The highest BCUT2D eigenvalue weighted by atomic mass is 19.4. The standard InChI is InChI=1S/C29H34F3N5O2/c1-28(2,3)34-27(39)37-13-12-20-19(17-6-4-7-18(14-17)29(30,31)32)10-11-21(23(20)16-37)26(38)33-15-25-22-8-5-9-24(22)35-36-25/h4,6-7,10-11,14,21,23H,5,8-9,12-13,15-16H2,1-3H3,(H,33,38)(H,34,39)(H,35,36). The number of aryl methyl sites for hydroxylation is 1. The van der Waals surface area contributed by atoms with Crippen molar-refractivity contribution < 1.29 is 22.8 Å². The van der Waals surface area contributed by atoms with Crippen LogP contribution in [0.4, 0.5) is 18.0 Å². The number of urea groups is 1. The number of nitrogens with zero attached hydrogens (tertiary/aromatic N) is 2. The Kier molecular flexibility index (Phi) is 7.07. The minimum Gasteiger partial charge on any atom is -0.350 e. The van der Waals surface area contributed by atoms with E-state index in [9.17, 15) is 22.8 Å². The lowest BCUT2D eigenvalue weighted by Gasteiger charge is -2.41.